The Labute approximate surface area is 117 Å². The highest BCUT2D eigenvalue weighted by Crippen LogP contribution is 2.09. The Morgan fingerprint density at radius 3 is 2.72 bits per heavy atom. The van der Waals surface area contributed by atoms with Gasteiger partial charge in [0.25, 0.3) is 0 Å². The standard InChI is InChI=1S/C14H20BrNO2/c1-2-3-5-10-13(15)16-14(17)18-11-12-8-6-4-7-9-12/h4,6-9,13H,2-3,5,10-11H2,1H3,(H,16,17). The highest BCUT2D eigenvalue weighted by atomic mass is 79.9. The van der Waals surface area contributed by atoms with Crippen molar-refractivity contribution in [2.45, 2.75) is 44.2 Å². The number of rotatable bonds is 7. The summed E-state index contributed by atoms with van der Waals surface area (Å²) < 4.78 is 5.12. The van der Waals surface area contributed by atoms with Gasteiger partial charge in [-0.2, -0.15) is 0 Å². The number of nitrogens with one attached hydrogen (secondary N) is 1. The van der Waals surface area contributed by atoms with Crippen LogP contribution in [0.15, 0.2) is 30.3 Å². The Bertz CT molecular complexity index is 343. The van der Waals surface area contributed by atoms with Gasteiger partial charge in [0.1, 0.15) is 6.61 Å². The molecule has 0 saturated carbocycles. The third kappa shape index (κ3) is 6.64. The van der Waals surface area contributed by atoms with Crippen molar-refractivity contribution < 1.29 is 9.53 Å². The van der Waals surface area contributed by atoms with Crippen LogP contribution in [0.2, 0.25) is 0 Å². The van der Waals surface area contributed by atoms with Crippen molar-refractivity contribution in [3.05, 3.63) is 35.9 Å². The highest BCUT2D eigenvalue weighted by Gasteiger charge is 2.09. The molecule has 0 heterocycles. The Hall–Kier alpha value is -1.03. The molecule has 100 valence electrons. The molecule has 1 unspecified atom stereocenters. The maximum atomic E-state index is 11.5. The van der Waals surface area contributed by atoms with Crippen molar-refractivity contribution in [2.24, 2.45) is 0 Å². The van der Waals surface area contributed by atoms with E-state index in [4.69, 9.17) is 4.74 Å². The van der Waals surface area contributed by atoms with Crippen LogP contribution in [-0.2, 0) is 11.3 Å². The van der Waals surface area contributed by atoms with Gasteiger partial charge in [-0.15, -0.1) is 0 Å². The van der Waals surface area contributed by atoms with E-state index in [0.717, 1.165) is 18.4 Å². The van der Waals surface area contributed by atoms with Gasteiger partial charge in [0.15, 0.2) is 0 Å². The van der Waals surface area contributed by atoms with Crippen LogP contribution in [0.5, 0.6) is 0 Å². The zero-order valence-electron chi connectivity index (χ0n) is 10.7. The summed E-state index contributed by atoms with van der Waals surface area (Å²) in [7, 11) is 0. The lowest BCUT2D eigenvalue weighted by Gasteiger charge is -2.12. The molecule has 1 aromatic rings. The maximum Gasteiger partial charge on any atom is 0.408 e. The van der Waals surface area contributed by atoms with Crippen molar-refractivity contribution in [1.82, 2.24) is 5.32 Å². The third-order valence-corrected chi connectivity index (χ3v) is 3.24. The lowest BCUT2D eigenvalue weighted by atomic mass is 10.2. The van der Waals surface area contributed by atoms with Crippen molar-refractivity contribution >= 4 is 22.0 Å². The van der Waals surface area contributed by atoms with Crippen LogP contribution in [0.4, 0.5) is 4.79 Å². The van der Waals surface area contributed by atoms with Gasteiger partial charge in [-0.3, -0.25) is 0 Å². The lowest BCUT2D eigenvalue weighted by molar-refractivity contribution is 0.138. The summed E-state index contributed by atoms with van der Waals surface area (Å²) in [6, 6.07) is 9.65. The normalized spacial score (nSPS) is 11.9. The largest absolute Gasteiger partial charge is 0.445 e. The van der Waals surface area contributed by atoms with Gasteiger partial charge in [0, 0.05) is 0 Å². The molecule has 1 atom stereocenters. The van der Waals surface area contributed by atoms with Crippen molar-refractivity contribution in [3.8, 4) is 0 Å². The predicted molar refractivity (Wildman–Crippen MR) is 76.6 cm³/mol. The van der Waals surface area contributed by atoms with E-state index in [9.17, 15) is 4.79 Å². The summed E-state index contributed by atoms with van der Waals surface area (Å²) in [5.41, 5.74) is 0.991. The zero-order valence-corrected chi connectivity index (χ0v) is 12.3. The Kier molecular flexibility index (Phi) is 7.49. The molecule has 0 radical (unpaired) electrons. The molecule has 4 heteroatoms. The first-order valence-corrected chi connectivity index (χ1v) is 7.25. The van der Waals surface area contributed by atoms with E-state index in [1.165, 1.54) is 12.8 Å². The number of hydrogen-bond acceptors (Lipinski definition) is 2. The van der Waals surface area contributed by atoms with E-state index in [-0.39, 0.29) is 11.0 Å². The number of alkyl carbamates (subject to hydrolysis) is 1. The van der Waals surface area contributed by atoms with Crippen molar-refractivity contribution in [1.29, 1.82) is 0 Å². The minimum absolute atomic E-state index is 0.00711. The number of amides is 1. The Morgan fingerprint density at radius 2 is 2.06 bits per heavy atom. The molecule has 0 saturated heterocycles. The maximum absolute atomic E-state index is 11.5. The molecule has 0 fully saturated rings. The Morgan fingerprint density at radius 1 is 1.33 bits per heavy atom. The molecule has 0 spiro atoms. The first-order chi connectivity index (χ1) is 8.72. The number of hydrogen-bond donors (Lipinski definition) is 1. The molecular formula is C14H20BrNO2. The van der Waals surface area contributed by atoms with Crippen LogP contribution < -0.4 is 5.32 Å². The number of carbonyl (C=O) groups is 1. The van der Waals surface area contributed by atoms with Crippen LogP contribution >= 0.6 is 15.9 Å². The molecule has 1 aromatic carbocycles. The first-order valence-electron chi connectivity index (χ1n) is 6.33. The fourth-order valence-electron chi connectivity index (χ4n) is 1.54. The number of alkyl halides is 1. The van der Waals surface area contributed by atoms with Crippen LogP contribution in [-0.4, -0.2) is 11.0 Å². The molecule has 0 aliphatic heterocycles. The molecule has 0 aliphatic rings. The van der Waals surface area contributed by atoms with E-state index in [1.807, 2.05) is 30.3 Å². The molecule has 0 aliphatic carbocycles. The molecule has 1 rings (SSSR count). The lowest BCUT2D eigenvalue weighted by Crippen LogP contribution is -2.30. The van der Waals surface area contributed by atoms with Crippen molar-refractivity contribution in [2.75, 3.05) is 0 Å². The monoisotopic (exact) mass is 313 g/mol. The number of unbranched alkanes of at least 4 members (excludes halogenated alkanes) is 2. The van der Waals surface area contributed by atoms with Gasteiger partial charge in [-0.25, -0.2) is 4.79 Å². The molecule has 0 bridgehead atoms. The van der Waals surface area contributed by atoms with Gasteiger partial charge < -0.3 is 10.1 Å². The second kappa shape index (κ2) is 8.97. The third-order valence-electron chi connectivity index (χ3n) is 2.55. The SMILES string of the molecule is CCCCCC(Br)NC(=O)OCc1ccccc1. The highest BCUT2D eigenvalue weighted by molar-refractivity contribution is 9.09. The topological polar surface area (TPSA) is 38.3 Å². The number of carbonyl (C=O) groups excluding carboxylic acids is 1. The van der Waals surface area contributed by atoms with Gasteiger partial charge in [-0.1, -0.05) is 72.4 Å². The summed E-state index contributed by atoms with van der Waals surface area (Å²) >= 11 is 3.42. The van der Waals surface area contributed by atoms with Crippen LogP contribution in [0.25, 0.3) is 0 Å². The fraction of sp³-hybridized carbons (Fsp3) is 0.500. The molecule has 1 N–H and O–H groups in total. The van der Waals surface area contributed by atoms with Crippen LogP contribution in [0, 0.1) is 0 Å². The van der Waals surface area contributed by atoms with Crippen molar-refractivity contribution in [3.63, 3.8) is 0 Å². The molecule has 0 aromatic heterocycles. The van der Waals surface area contributed by atoms with Gasteiger partial charge in [0.05, 0.1) is 4.95 Å². The summed E-state index contributed by atoms with van der Waals surface area (Å²) in [4.78, 5) is 11.5. The summed E-state index contributed by atoms with van der Waals surface area (Å²) in [6.45, 7) is 2.46. The smallest absolute Gasteiger partial charge is 0.408 e. The van der Waals surface area contributed by atoms with E-state index in [2.05, 4.69) is 28.2 Å². The van der Waals surface area contributed by atoms with E-state index in [1.54, 1.807) is 0 Å². The summed E-state index contributed by atoms with van der Waals surface area (Å²) in [6.07, 6.45) is 4.01. The second-order valence-electron chi connectivity index (χ2n) is 4.17. The molecular weight excluding hydrogens is 294 g/mol. The predicted octanol–water partition coefficient (Wildman–Crippen LogP) is 4.21. The first kappa shape index (κ1) is 15.0. The number of benzene rings is 1. The van der Waals surface area contributed by atoms with Gasteiger partial charge in [-0.05, 0) is 12.0 Å². The van der Waals surface area contributed by atoms with E-state index >= 15 is 0 Å². The van der Waals surface area contributed by atoms with E-state index < -0.39 is 0 Å². The van der Waals surface area contributed by atoms with Crippen LogP contribution in [0.1, 0.15) is 38.2 Å². The molecule has 3 nitrogen and oxygen atoms in total. The van der Waals surface area contributed by atoms with Crippen LogP contribution in [0.3, 0.4) is 0 Å². The summed E-state index contributed by atoms with van der Waals surface area (Å²) in [5.74, 6) is 0. The average molecular weight is 314 g/mol. The fourth-order valence-corrected chi connectivity index (χ4v) is 2.05. The average Bonchev–Trinajstić information content (AvgIpc) is 2.38. The quantitative estimate of drug-likeness (QED) is 0.465. The summed E-state index contributed by atoms with van der Waals surface area (Å²) in [5, 5.41) is 2.76. The number of ether oxygens (including phenoxy) is 1. The number of halogens is 1. The molecule has 1 amide bonds. The van der Waals surface area contributed by atoms with Gasteiger partial charge >= 0.3 is 6.09 Å². The minimum atomic E-state index is -0.378. The van der Waals surface area contributed by atoms with Gasteiger partial charge in [0.2, 0.25) is 0 Å². The molecule has 18 heavy (non-hydrogen) atoms. The second-order valence-corrected chi connectivity index (χ2v) is 5.27. The zero-order chi connectivity index (χ0) is 13.2. The minimum Gasteiger partial charge on any atom is -0.445 e. The Balaban J connectivity index is 2.17. The van der Waals surface area contributed by atoms with E-state index in [0.29, 0.717) is 6.61 Å².